The van der Waals surface area contributed by atoms with Crippen LogP contribution in [0.5, 0.6) is 0 Å². The van der Waals surface area contributed by atoms with E-state index < -0.39 is 9.84 Å². The standard InChI is InChI=1S/C17H25N5O4S/c1-3-22(14-6-11-27(25,26)12-14)16-5-4-15(18-19-16)17(24)21-9-7-20(8-10-21)13(2)23/h4-5,14H,3,6-12H2,1-2H3. The van der Waals surface area contributed by atoms with Crippen molar-refractivity contribution < 1.29 is 18.0 Å². The maximum Gasteiger partial charge on any atom is 0.274 e. The Morgan fingerprint density at radius 2 is 1.81 bits per heavy atom. The van der Waals surface area contributed by atoms with E-state index in [1.54, 1.807) is 21.9 Å². The van der Waals surface area contributed by atoms with Crippen molar-refractivity contribution in [3.63, 3.8) is 0 Å². The Morgan fingerprint density at radius 1 is 1.15 bits per heavy atom. The van der Waals surface area contributed by atoms with Crippen molar-refractivity contribution in [2.75, 3.05) is 49.1 Å². The van der Waals surface area contributed by atoms with Crippen molar-refractivity contribution in [1.82, 2.24) is 20.0 Å². The van der Waals surface area contributed by atoms with Crippen LogP contribution in [0.15, 0.2) is 12.1 Å². The third-order valence-corrected chi connectivity index (χ3v) is 6.92. The third kappa shape index (κ3) is 4.37. The number of hydrogen-bond acceptors (Lipinski definition) is 7. The summed E-state index contributed by atoms with van der Waals surface area (Å²) in [7, 11) is -2.98. The van der Waals surface area contributed by atoms with Gasteiger partial charge in [0.25, 0.3) is 5.91 Å². The first-order chi connectivity index (χ1) is 12.8. The number of carbonyl (C=O) groups excluding carboxylic acids is 2. The van der Waals surface area contributed by atoms with Crippen molar-refractivity contribution in [2.45, 2.75) is 26.3 Å². The Balaban J connectivity index is 1.66. The van der Waals surface area contributed by atoms with Crippen molar-refractivity contribution in [3.8, 4) is 0 Å². The average molecular weight is 395 g/mol. The molecule has 2 aliphatic rings. The summed E-state index contributed by atoms with van der Waals surface area (Å²) >= 11 is 0. The van der Waals surface area contributed by atoms with Crippen LogP contribution in [0.4, 0.5) is 5.82 Å². The van der Waals surface area contributed by atoms with Gasteiger partial charge in [-0.15, -0.1) is 10.2 Å². The van der Waals surface area contributed by atoms with Gasteiger partial charge in [-0.05, 0) is 25.5 Å². The molecular formula is C17H25N5O4S. The summed E-state index contributed by atoms with van der Waals surface area (Å²) < 4.78 is 23.5. The van der Waals surface area contributed by atoms with E-state index in [4.69, 9.17) is 0 Å². The van der Waals surface area contributed by atoms with Gasteiger partial charge in [0, 0.05) is 45.7 Å². The van der Waals surface area contributed by atoms with Crippen molar-refractivity contribution >= 4 is 27.5 Å². The zero-order chi connectivity index (χ0) is 19.6. The number of aromatic nitrogens is 2. The predicted molar refractivity (Wildman–Crippen MR) is 100 cm³/mol. The normalized spacial score (nSPS) is 21.9. The fraction of sp³-hybridized carbons (Fsp3) is 0.647. The van der Waals surface area contributed by atoms with E-state index in [9.17, 15) is 18.0 Å². The molecule has 1 aromatic heterocycles. The van der Waals surface area contributed by atoms with Crippen LogP contribution in [0, 0.1) is 0 Å². The van der Waals surface area contributed by atoms with E-state index in [0.29, 0.717) is 45.0 Å². The lowest BCUT2D eigenvalue weighted by molar-refractivity contribution is -0.130. The van der Waals surface area contributed by atoms with Crippen LogP contribution in [-0.4, -0.2) is 90.5 Å². The van der Waals surface area contributed by atoms with Gasteiger partial charge in [-0.25, -0.2) is 8.42 Å². The minimum atomic E-state index is -2.98. The maximum absolute atomic E-state index is 12.6. The number of anilines is 1. The van der Waals surface area contributed by atoms with Crippen molar-refractivity contribution in [2.24, 2.45) is 0 Å². The van der Waals surface area contributed by atoms with E-state index in [0.717, 1.165) is 0 Å². The Morgan fingerprint density at radius 3 is 2.30 bits per heavy atom. The van der Waals surface area contributed by atoms with Crippen molar-refractivity contribution in [1.29, 1.82) is 0 Å². The lowest BCUT2D eigenvalue weighted by Crippen LogP contribution is -2.50. The Bertz CT molecular complexity index is 803. The molecule has 0 radical (unpaired) electrons. The van der Waals surface area contributed by atoms with Gasteiger partial charge in [-0.3, -0.25) is 9.59 Å². The second-order valence-electron chi connectivity index (χ2n) is 6.92. The van der Waals surface area contributed by atoms with Crippen LogP contribution in [0.25, 0.3) is 0 Å². The number of nitrogens with zero attached hydrogens (tertiary/aromatic N) is 5. The van der Waals surface area contributed by atoms with E-state index in [2.05, 4.69) is 10.2 Å². The highest BCUT2D eigenvalue weighted by molar-refractivity contribution is 7.91. The molecule has 0 saturated carbocycles. The van der Waals surface area contributed by atoms with E-state index in [1.165, 1.54) is 6.92 Å². The molecule has 0 spiro atoms. The highest BCUT2D eigenvalue weighted by atomic mass is 32.2. The molecule has 0 N–H and O–H groups in total. The SMILES string of the molecule is CCN(c1ccc(C(=O)N2CCN(C(C)=O)CC2)nn1)C1CCS(=O)(=O)C1. The molecule has 1 aromatic rings. The third-order valence-electron chi connectivity index (χ3n) is 5.17. The van der Waals surface area contributed by atoms with Gasteiger partial charge >= 0.3 is 0 Å². The van der Waals surface area contributed by atoms with E-state index in [1.807, 2.05) is 11.8 Å². The minimum absolute atomic E-state index is 0.0137. The molecule has 2 saturated heterocycles. The summed E-state index contributed by atoms with van der Waals surface area (Å²) in [6.45, 7) is 6.08. The van der Waals surface area contributed by atoms with Crippen LogP contribution in [0.3, 0.4) is 0 Å². The summed E-state index contributed by atoms with van der Waals surface area (Å²) in [4.78, 5) is 29.3. The molecule has 148 valence electrons. The Kier molecular flexibility index (Phi) is 5.64. The van der Waals surface area contributed by atoms with E-state index in [-0.39, 0.29) is 35.1 Å². The van der Waals surface area contributed by atoms with Gasteiger partial charge in [-0.1, -0.05) is 0 Å². The summed E-state index contributed by atoms with van der Waals surface area (Å²) in [6, 6.07) is 3.25. The number of hydrogen-bond donors (Lipinski definition) is 0. The molecule has 0 bridgehead atoms. The predicted octanol–water partition coefficient (Wildman–Crippen LogP) is -0.206. The zero-order valence-electron chi connectivity index (χ0n) is 15.7. The highest BCUT2D eigenvalue weighted by Crippen LogP contribution is 2.22. The second-order valence-corrected chi connectivity index (χ2v) is 9.15. The minimum Gasteiger partial charge on any atom is -0.351 e. The lowest BCUT2D eigenvalue weighted by atomic mass is 10.2. The quantitative estimate of drug-likeness (QED) is 0.695. The fourth-order valence-corrected chi connectivity index (χ4v) is 5.34. The summed E-state index contributed by atoms with van der Waals surface area (Å²) in [5.41, 5.74) is 0.255. The van der Waals surface area contributed by atoms with Gasteiger partial charge in [-0.2, -0.15) is 0 Å². The first-order valence-electron chi connectivity index (χ1n) is 9.16. The Labute approximate surface area is 159 Å². The lowest BCUT2D eigenvalue weighted by Gasteiger charge is -2.34. The van der Waals surface area contributed by atoms with Crippen LogP contribution in [-0.2, 0) is 14.6 Å². The zero-order valence-corrected chi connectivity index (χ0v) is 16.5. The molecule has 27 heavy (non-hydrogen) atoms. The second kappa shape index (κ2) is 7.79. The van der Waals surface area contributed by atoms with Crippen LogP contribution in [0.1, 0.15) is 30.8 Å². The smallest absolute Gasteiger partial charge is 0.274 e. The summed E-state index contributed by atoms with van der Waals surface area (Å²) in [5, 5.41) is 8.24. The summed E-state index contributed by atoms with van der Waals surface area (Å²) in [5.74, 6) is 0.717. The molecule has 2 fully saturated rings. The number of rotatable bonds is 4. The molecule has 2 amide bonds. The Hall–Kier alpha value is -2.23. The number of piperazine rings is 1. The summed E-state index contributed by atoms with van der Waals surface area (Å²) in [6.07, 6.45) is 0.582. The highest BCUT2D eigenvalue weighted by Gasteiger charge is 2.32. The first kappa shape index (κ1) is 19.5. The molecule has 2 aliphatic heterocycles. The van der Waals surface area contributed by atoms with Gasteiger partial charge in [0.2, 0.25) is 5.91 Å². The molecule has 0 aliphatic carbocycles. The van der Waals surface area contributed by atoms with Crippen LogP contribution < -0.4 is 4.90 Å². The molecule has 3 rings (SSSR count). The van der Waals surface area contributed by atoms with Gasteiger partial charge in [0.05, 0.1) is 11.5 Å². The average Bonchev–Trinajstić information content (AvgIpc) is 3.02. The largest absolute Gasteiger partial charge is 0.351 e. The topological polar surface area (TPSA) is 104 Å². The molecule has 0 aromatic carbocycles. The first-order valence-corrected chi connectivity index (χ1v) is 11.0. The molecular weight excluding hydrogens is 370 g/mol. The molecule has 1 atom stereocenters. The molecule has 10 heteroatoms. The van der Waals surface area contributed by atoms with Crippen LogP contribution >= 0.6 is 0 Å². The molecule has 3 heterocycles. The number of amides is 2. The van der Waals surface area contributed by atoms with Crippen LogP contribution in [0.2, 0.25) is 0 Å². The number of sulfone groups is 1. The van der Waals surface area contributed by atoms with E-state index >= 15 is 0 Å². The number of carbonyl (C=O) groups is 2. The molecule has 9 nitrogen and oxygen atoms in total. The van der Waals surface area contributed by atoms with Gasteiger partial charge in [0.15, 0.2) is 21.3 Å². The molecule has 1 unspecified atom stereocenters. The van der Waals surface area contributed by atoms with Gasteiger partial charge < -0.3 is 14.7 Å². The monoisotopic (exact) mass is 395 g/mol. The van der Waals surface area contributed by atoms with Crippen molar-refractivity contribution in [3.05, 3.63) is 17.8 Å². The van der Waals surface area contributed by atoms with Gasteiger partial charge in [0.1, 0.15) is 0 Å². The maximum atomic E-state index is 12.6. The fourth-order valence-electron chi connectivity index (χ4n) is 3.61.